The van der Waals surface area contributed by atoms with Crippen molar-refractivity contribution in [1.29, 1.82) is 0 Å². The first kappa shape index (κ1) is 26.9. The molecule has 0 spiro atoms. The van der Waals surface area contributed by atoms with Crippen LogP contribution >= 0.6 is 0 Å². The highest BCUT2D eigenvalue weighted by atomic mass is 28.3. The van der Waals surface area contributed by atoms with E-state index in [1.54, 1.807) is 0 Å². The van der Waals surface area contributed by atoms with E-state index in [-0.39, 0.29) is 42.8 Å². The van der Waals surface area contributed by atoms with Gasteiger partial charge in [-0.2, -0.15) is 0 Å². The van der Waals surface area contributed by atoms with E-state index in [1.807, 2.05) is 24.3 Å². The molecule has 0 saturated carbocycles. The van der Waals surface area contributed by atoms with Gasteiger partial charge in [-0.25, -0.2) is 9.79 Å². The second kappa shape index (κ2) is 11.9. The van der Waals surface area contributed by atoms with E-state index in [0.29, 0.717) is 25.0 Å². The Bertz CT molecular complexity index is 969. The molecule has 0 unspecified atom stereocenters. The van der Waals surface area contributed by atoms with Crippen molar-refractivity contribution in [1.82, 2.24) is 0 Å². The second-order valence-corrected chi connectivity index (χ2v) is 16.1. The second-order valence-electron chi connectivity index (χ2n) is 10.5. The number of aliphatic hydroxyl groups excluding tert-OH is 1. The lowest BCUT2D eigenvalue weighted by Gasteiger charge is -2.29. The number of fused-ring (bicyclic) bond motifs is 2. The Morgan fingerprint density at radius 1 is 1.17 bits per heavy atom. The molecule has 0 radical (unpaired) electrons. The van der Waals surface area contributed by atoms with Gasteiger partial charge in [0, 0.05) is 20.4 Å². The number of ether oxygens (including phenoxy) is 3. The molecule has 4 atom stereocenters. The van der Waals surface area contributed by atoms with Gasteiger partial charge in [-0.05, 0) is 42.9 Å². The minimum atomic E-state index is -1.37. The van der Waals surface area contributed by atoms with E-state index in [0.717, 1.165) is 30.0 Å². The highest BCUT2D eigenvalue weighted by Gasteiger charge is 2.51. The SMILES string of the molecule is COC(=NC(=CO)C(=O)OCC[Si](C)(C)C)[C@@H]1[C@H](Cc2ccccc2CCC(=O)O)[C@@H]2CC[C@H]1O2. The van der Waals surface area contributed by atoms with Crippen LogP contribution in [-0.4, -0.2) is 62.0 Å². The van der Waals surface area contributed by atoms with Gasteiger partial charge in [0.15, 0.2) is 11.6 Å². The molecule has 2 saturated heterocycles. The molecule has 1 aromatic carbocycles. The summed E-state index contributed by atoms with van der Waals surface area (Å²) in [6.07, 6.45) is 3.63. The fraction of sp³-hybridized carbons (Fsp3) is 0.577. The zero-order chi connectivity index (χ0) is 25.6. The fourth-order valence-corrected chi connectivity index (χ4v) is 5.61. The number of carboxylic acids is 1. The predicted molar refractivity (Wildman–Crippen MR) is 135 cm³/mol. The molecular weight excluding hydrogens is 466 g/mol. The number of carbonyl (C=O) groups excluding carboxylic acids is 1. The standard InChI is InChI=1S/C26H37NO7Si/c1-32-25(27-20(16-28)26(31)33-13-14-35(2,3)4)24-19(21-10-11-22(24)34-21)15-18-8-6-5-7-17(18)9-12-23(29)30/h5-8,16,19,21-22,24,28H,9-15H2,1-4H3,(H,29,30)/t19-,21+,22-,24-/m1/s1. The quantitative estimate of drug-likeness (QED) is 0.115. The van der Waals surface area contributed by atoms with Crippen molar-refractivity contribution in [3.63, 3.8) is 0 Å². The number of aliphatic imine (C=N–C) groups is 1. The van der Waals surface area contributed by atoms with Crippen molar-refractivity contribution in [2.75, 3.05) is 13.7 Å². The number of nitrogens with zero attached hydrogens (tertiary/aromatic N) is 1. The lowest BCUT2D eigenvalue weighted by atomic mass is 9.75. The van der Waals surface area contributed by atoms with Gasteiger partial charge in [0.25, 0.3) is 0 Å². The first-order valence-corrected chi connectivity index (χ1v) is 15.9. The molecule has 1 aromatic rings. The van der Waals surface area contributed by atoms with E-state index in [4.69, 9.17) is 19.3 Å². The molecule has 3 rings (SSSR count). The summed E-state index contributed by atoms with van der Waals surface area (Å²) in [5.74, 6) is -1.29. The summed E-state index contributed by atoms with van der Waals surface area (Å²) in [6, 6.07) is 8.69. The minimum Gasteiger partial charge on any atom is -0.513 e. The van der Waals surface area contributed by atoms with Crippen molar-refractivity contribution in [2.45, 2.75) is 70.0 Å². The van der Waals surface area contributed by atoms with Crippen LogP contribution in [0.4, 0.5) is 0 Å². The Balaban J connectivity index is 1.79. The predicted octanol–water partition coefficient (Wildman–Crippen LogP) is 4.37. The van der Waals surface area contributed by atoms with E-state index in [1.165, 1.54) is 7.11 Å². The lowest BCUT2D eigenvalue weighted by Crippen LogP contribution is -2.36. The first-order chi connectivity index (χ1) is 16.6. The number of hydrogen-bond donors (Lipinski definition) is 2. The minimum absolute atomic E-state index is 0.0307. The van der Waals surface area contributed by atoms with Crippen LogP contribution in [0.15, 0.2) is 41.2 Å². The maximum absolute atomic E-state index is 12.6. The van der Waals surface area contributed by atoms with Crippen molar-refractivity contribution in [3.8, 4) is 0 Å². The van der Waals surface area contributed by atoms with E-state index < -0.39 is 20.0 Å². The third-order valence-corrected chi connectivity index (χ3v) is 8.45. The highest BCUT2D eigenvalue weighted by molar-refractivity contribution is 6.76. The molecule has 35 heavy (non-hydrogen) atoms. The van der Waals surface area contributed by atoms with Crippen molar-refractivity contribution >= 4 is 25.9 Å². The van der Waals surface area contributed by atoms with E-state index >= 15 is 0 Å². The molecule has 2 aliphatic heterocycles. The molecule has 2 fully saturated rings. The van der Waals surface area contributed by atoms with Gasteiger partial charge in [0.05, 0.1) is 31.8 Å². The summed E-state index contributed by atoms with van der Waals surface area (Å²) < 4.78 is 17.2. The molecule has 0 amide bonds. The topological polar surface area (TPSA) is 115 Å². The zero-order valence-electron chi connectivity index (χ0n) is 21.0. The summed E-state index contributed by atoms with van der Waals surface area (Å²) >= 11 is 0. The molecule has 2 bridgehead atoms. The molecule has 9 heteroatoms. The van der Waals surface area contributed by atoms with Gasteiger partial charge in [-0.1, -0.05) is 43.9 Å². The Labute approximate surface area is 208 Å². The summed E-state index contributed by atoms with van der Waals surface area (Å²) in [5, 5.41) is 18.8. The van der Waals surface area contributed by atoms with Gasteiger partial charge in [-0.3, -0.25) is 4.79 Å². The third kappa shape index (κ3) is 7.17. The summed E-state index contributed by atoms with van der Waals surface area (Å²) in [7, 11) is 0.138. The molecule has 2 heterocycles. The van der Waals surface area contributed by atoms with Crippen molar-refractivity contribution < 1.29 is 34.0 Å². The number of rotatable bonds is 11. The Morgan fingerprint density at radius 3 is 2.49 bits per heavy atom. The fourth-order valence-electron chi connectivity index (χ4n) is 4.90. The van der Waals surface area contributed by atoms with Crippen LogP contribution in [0.25, 0.3) is 0 Å². The van der Waals surface area contributed by atoms with E-state index in [2.05, 4.69) is 24.6 Å². The van der Waals surface area contributed by atoms with Crippen LogP contribution < -0.4 is 0 Å². The van der Waals surface area contributed by atoms with Crippen molar-refractivity contribution in [2.24, 2.45) is 16.8 Å². The van der Waals surface area contributed by atoms with Crippen LogP contribution in [0.5, 0.6) is 0 Å². The maximum atomic E-state index is 12.6. The largest absolute Gasteiger partial charge is 0.513 e. The van der Waals surface area contributed by atoms with Crippen LogP contribution in [0.2, 0.25) is 25.7 Å². The number of methoxy groups -OCH3 is 1. The number of esters is 1. The number of carbonyl (C=O) groups is 2. The van der Waals surface area contributed by atoms with Crippen LogP contribution in [0.3, 0.4) is 0 Å². The van der Waals surface area contributed by atoms with Gasteiger partial charge < -0.3 is 24.4 Å². The van der Waals surface area contributed by atoms with E-state index in [9.17, 15) is 14.7 Å². The summed E-state index contributed by atoms with van der Waals surface area (Å²) in [4.78, 5) is 28.0. The molecule has 192 valence electrons. The van der Waals surface area contributed by atoms with Gasteiger partial charge in [0.2, 0.25) is 0 Å². The molecule has 8 nitrogen and oxygen atoms in total. The van der Waals surface area contributed by atoms with Gasteiger partial charge in [-0.15, -0.1) is 0 Å². The van der Waals surface area contributed by atoms with Crippen LogP contribution in [0.1, 0.15) is 30.4 Å². The summed E-state index contributed by atoms with van der Waals surface area (Å²) in [5.41, 5.74) is 1.90. The number of aliphatic carboxylic acids is 1. The third-order valence-electron chi connectivity index (χ3n) is 6.75. The molecule has 0 aliphatic carbocycles. The smallest absolute Gasteiger partial charge is 0.360 e. The Kier molecular flexibility index (Phi) is 9.13. The van der Waals surface area contributed by atoms with Gasteiger partial charge in [0.1, 0.15) is 6.26 Å². The van der Waals surface area contributed by atoms with Crippen molar-refractivity contribution in [3.05, 3.63) is 47.4 Å². The molecule has 2 aliphatic rings. The number of hydrogen-bond acceptors (Lipinski definition) is 7. The average Bonchev–Trinajstić information content (AvgIpc) is 3.40. The number of benzene rings is 1. The average molecular weight is 504 g/mol. The van der Waals surface area contributed by atoms with Crippen LogP contribution in [-0.2, 0) is 36.6 Å². The Hall–Kier alpha value is -2.65. The zero-order valence-corrected chi connectivity index (χ0v) is 22.0. The van der Waals surface area contributed by atoms with Crippen LogP contribution in [0, 0.1) is 11.8 Å². The maximum Gasteiger partial charge on any atom is 0.360 e. The first-order valence-electron chi connectivity index (χ1n) is 12.2. The molecule has 2 N–H and O–H groups in total. The molecular formula is C26H37NO7Si. The summed E-state index contributed by atoms with van der Waals surface area (Å²) in [6.45, 7) is 6.87. The monoisotopic (exact) mass is 503 g/mol. The number of aliphatic hydroxyl groups is 1. The lowest BCUT2D eigenvalue weighted by molar-refractivity contribution is -0.139. The van der Waals surface area contributed by atoms with Gasteiger partial charge >= 0.3 is 11.9 Å². The normalized spacial score (nSPS) is 24.5. The number of aryl methyl sites for hydroxylation is 1. The molecule has 0 aromatic heterocycles. The Morgan fingerprint density at radius 2 is 1.86 bits per heavy atom. The highest BCUT2D eigenvalue weighted by Crippen LogP contribution is 2.46. The number of carboxylic acid groups (broad SMARTS) is 1.